The van der Waals surface area contributed by atoms with Crippen molar-refractivity contribution in [1.82, 2.24) is 0 Å². The van der Waals surface area contributed by atoms with Gasteiger partial charge < -0.3 is 14.8 Å². The molecule has 3 aromatic carbocycles. The molecule has 0 bridgehead atoms. The SMILES string of the molecule is C=CCc1cc(/C=C(\C#N)C(=O)Nc2cccc(Cl)c2C)cc(OC)c1OCc1ccc([N+](=O)[O-])cc1. The topological polar surface area (TPSA) is 114 Å². The van der Waals surface area contributed by atoms with Crippen LogP contribution in [0.1, 0.15) is 22.3 Å². The third-order valence-corrected chi connectivity index (χ3v) is 5.87. The summed E-state index contributed by atoms with van der Waals surface area (Å²) >= 11 is 6.13. The Bertz CT molecular complexity index is 1410. The molecular formula is C28H24ClN3O5. The number of nitrogens with zero attached hydrogens (tertiary/aromatic N) is 2. The lowest BCUT2D eigenvalue weighted by Crippen LogP contribution is -2.14. The maximum absolute atomic E-state index is 12.8. The van der Waals surface area contributed by atoms with Crippen LogP contribution in [0.5, 0.6) is 11.5 Å². The molecule has 8 nitrogen and oxygen atoms in total. The first-order valence-electron chi connectivity index (χ1n) is 11.1. The number of anilines is 1. The van der Waals surface area contributed by atoms with Crippen LogP contribution < -0.4 is 14.8 Å². The molecule has 37 heavy (non-hydrogen) atoms. The van der Waals surface area contributed by atoms with Crippen molar-refractivity contribution in [3.8, 4) is 17.6 Å². The largest absolute Gasteiger partial charge is 0.493 e. The van der Waals surface area contributed by atoms with Crippen LogP contribution in [0.25, 0.3) is 6.08 Å². The minimum Gasteiger partial charge on any atom is -0.493 e. The van der Waals surface area contributed by atoms with Crippen LogP contribution in [0, 0.1) is 28.4 Å². The monoisotopic (exact) mass is 517 g/mol. The van der Waals surface area contributed by atoms with Crippen molar-refractivity contribution < 1.29 is 19.2 Å². The molecule has 0 aliphatic carbocycles. The standard InChI is InChI=1S/C28H24ClN3O5/c1-4-6-21-13-20(14-22(16-30)28(33)31-25-8-5-7-24(29)18(25)2)15-26(36-3)27(21)37-17-19-9-11-23(12-10-19)32(34)35/h4-5,7-15H,1,6,17H2,2-3H3,(H,31,33)/b22-14+. The molecule has 188 valence electrons. The van der Waals surface area contributed by atoms with Crippen molar-refractivity contribution in [3.05, 3.63) is 110 Å². The lowest BCUT2D eigenvalue weighted by molar-refractivity contribution is -0.384. The van der Waals surface area contributed by atoms with Crippen molar-refractivity contribution in [3.63, 3.8) is 0 Å². The highest BCUT2D eigenvalue weighted by molar-refractivity contribution is 6.31. The van der Waals surface area contributed by atoms with Crippen molar-refractivity contribution in [2.45, 2.75) is 20.0 Å². The van der Waals surface area contributed by atoms with Crippen LogP contribution in [0.2, 0.25) is 5.02 Å². The number of hydrogen-bond donors (Lipinski definition) is 1. The van der Waals surface area contributed by atoms with Gasteiger partial charge in [0.1, 0.15) is 18.2 Å². The van der Waals surface area contributed by atoms with Gasteiger partial charge in [0.2, 0.25) is 0 Å². The second-order valence-corrected chi connectivity index (χ2v) is 8.36. The van der Waals surface area contributed by atoms with Crippen LogP contribution in [0.3, 0.4) is 0 Å². The van der Waals surface area contributed by atoms with Crippen LogP contribution in [-0.4, -0.2) is 17.9 Å². The number of nitro groups is 1. The van der Waals surface area contributed by atoms with Gasteiger partial charge in [-0.15, -0.1) is 6.58 Å². The number of benzene rings is 3. The predicted octanol–water partition coefficient (Wildman–Crippen LogP) is 6.42. The lowest BCUT2D eigenvalue weighted by atomic mass is 10.0. The van der Waals surface area contributed by atoms with E-state index >= 15 is 0 Å². The molecule has 0 heterocycles. The number of carbonyl (C=O) groups excluding carboxylic acids is 1. The van der Waals surface area contributed by atoms with Gasteiger partial charge in [-0.3, -0.25) is 14.9 Å². The van der Waals surface area contributed by atoms with Gasteiger partial charge in [-0.2, -0.15) is 5.26 Å². The fourth-order valence-electron chi connectivity index (χ4n) is 3.51. The summed E-state index contributed by atoms with van der Waals surface area (Å²) in [5.41, 5.74) is 3.12. The molecule has 0 radical (unpaired) electrons. The molecule has 9 heteroatoms. The van der Waals surface area contributed by atoms with E-state index in [0.29, 0.717) is 39.8 Å². The third kappa shape index (κ3) is 6.75. The van der Waals surface area contributed by atoms with Gasteiger partial charge in [0.15, 0.2) is 11.5 Å². The normalized spacial score (nSPS) is 10.8. The highest BCUT2D eigenvalue weighted by Gasteiger charge is 2.16. The summed E-state index contributed by atoms with van der Waals surface area (Å²) in [4.78, 5) is 23.2. The number of carbonyl (C=O) groups is 1. The van der Waals surface area contributed by atoms with E-state index in [2.05, 4.69) is 11.9 Å². The zero-order valence-electron chi connectivity index (χ0n) is 20.3. The van der Waals surface area contributed by atoms with Crippen LogP contribution in [0.4, 0.5) is 11.4 Å². The van der Waals surface area contributed by atoms with Crippen molar-refractivity contribution >= 4 is 35.0 Å². The van der Waals surface area contributed by atoms with E-state index in [9.17, 15) is 20.2 Å². The number of non-ortho nitro benzene ring substituents is 1. The molecule has 0 saturated heterocycles. The first kappa shape index (κ1) is 27.0. The van der Waals surface area contributed by atoms with Crippen LogP contribution in [0.15, 0.2) is 72.8 Å². The number of halogens is 1. The Kier molecular flexibility index (Phi) is 9.03. The molecule has 0 spiro atoms. The molecule has 1 amide bonds. The van der Waals surface area contributed by atoms with E-state index in [4.69, 9.17) is 21.1 Å². The Morgan fingerprint density at radius 3 is 2.59 bits per heavy atom. The highest BCUT2D eigenvalue weighted by Crippen LogP contribution is 2.35. The second-order valence-electron chi connectivity index (χ2n) is 7.95. The highest BCUT2D eigenvalue weighted by atomic mass is 35.5. The van der Waals surface area contributed by atoms with Gasteiger partial charge in [0.05, 0.1) is 12.0 Å². The molecule has 0 aliphatic heterocycles. The minimum absolute atomic E-state index is 0.00678. The third-order valence-electron chi connectivity index (χ3n) is 5.46. The minimum atomic E-state index is -0.574. The van der Waals surface area contributed by atoms with E-state index in [1.807, 2.05) is 6.07 Å². The number of methoxy groups -OCH3 is 1. The summed E-state index contributed by atoms with van der Waals surface area (Å²) in [5.74, 6) is 0.293. The van der Waals surface area contributed by atoms with Gasteiger partial charge in [0.25, 0.3) is 11.6 Å². The van der Waals surface area contributed by atoms with Crippen LogP contribution in [-0.2, 0) is 17.8 Å². The zero-order chi connectivity index (χ0) is 26.9. The lowest BCUT2D eigenvalue weighted by Gasteiger charge is -2.16. The fourth-order valence-corrected chi connectivity index (χ4v) is 3.68. The van der Waals surface area contributed by atoms with E-state index in [0.717, 1.165) is 11.1 Å². The molecule has 0 unspecified atom stereocenters. The van der Waals surface area contributed by atoms with Crippen molar-refractivity contribution in [2.75, 3.05) is 12.4 Å². The number of nitriles is 1. The quantitative estimate of drug-likeness (QED) is 0.109. The van der Waals surface area contributed by atoms with Gasteiger partial charge >= 0.3 is 0 Å². The number of ether oxygens (including phenoxy) is 2. The molecular weight excluding hydrogens is 494 g/mol. The average Bonchev–Trinajstić information content (AvgIpc) is 2.89. The Balaban J connectivity index is 1.89. The van der Waals surface area contributed by atoms with Crippen LogP contribution >= 0.6 is 11.6 Å². The van der Waals surface area contributed by atoms with Crippen molar-refractivity contribution in [2.24, 2.45) is 0 Å². The van der Waals surface area contributed by atoms with E-state index in [1.54, 1.807) is 55.5 Å². The summed E-state index contributed by atoms with van der Waals surface area (Å²) < 4.78 is 11.6. The smallest absolute Gasteiger partial charge is 0.269 e. The number of nitro benzene ring substituents is 1. The summed E-state index contributed by atoms with van der Waals surface area (Å²) in [6, 6.07) is 16.6. The summed E-state index contributed by atoms with van der Waals surface area (Å²) in [7, 11) is 1.49. The summed E-state index contributed by atoms with van der Waals surface area (Å²) in [6.45, 7) is 5.72. The molecule has 3 aromatic rings. The molecule has 0 aromatic heterocycles. The fraction of sp³-hybridized carbons (Fsp3) is 0.143. The molecule has 3 rings (SSSR count). The van der Waals surface area contributed by atoms with Gasteiger partial charge in [-0.1, -0.05) is 23.7 Å². The second kappa shape index (κ2) is 12.4. The average molecular weight is 518 g/mol. The van der Waals surface area contributed by atoms with E-state index < -0.39 is 10.8 Å². The molecule has 0 aliphatic rings. The Morgan fingerprint density at radius 1 is 1.24 bits per heavy atom. The van der Waals surface area contributed by atoms with Gasteiger partial charge in [-0.25, -0.2) is 0 Å². The maximum atomic E-state index is 12.8. The number of allylic oxidation sites excluding steroid dienone is 1. The maximum Gasteiger partial charge on any atom is 0.269 e. The van der Waals surface area contributed by atoms with E-state index in [-0.39, 0.29) is 17.9 Å². The Hall–Kier alpha value is -4.61. The van der Waals surface area contributed by atoms with E-state index in [1.165, 1.54) is 25.3 Å². The summed E-state index contributed by atoms with van der Waals surface area (Å²) in [6.07, 6.45) is 3.59. The number of nitrogens with one attached hydrogen (secondary N) is 1. The molecule has 0 saturated carbocycles. The van der Waals surface area contributed by atoms with Crippen molar-refractivity contribution in [1.29, 1.82) is 5.26 Å². The Labute approximate surface area is 219 Å². The van der Waals surface area contributed by atoms with Gasteiger partial charge in [-0.05, 0) is 72.5 Å². The molecule has 1 N–H and O–H groups in total. The molecule has 0 fully saturated rings. The first-order valence-corrected chi connectivity index (χ1v) is 11.5. The zero-order valence-corrected chi connectivity index (χ0v) is 21.0. The predicted molar refractivity (Wildman–Crippen MR) is 143 cm³/mol. The number of hydrogen-bond acceptors (Lipinski definition) is 6. The number of amides is 1. The molecule has 0 atom stereocenters. The first-order chi connectivity index (χ1) is 17.8. The summed E-state index contributed by atoms with van der Waals surface area (Å²) in [5, 5.41) is 23.8. The number of rotatable bonds is 10. The Morgan fingerprint density at radius 2 is 1.97 bits per heavy atom. The van der Waals surface area contributed by atoms with Gasteiger partial charge in [0, 0.05) is 28.4 Å².